The second-order valence-corrected chi connectivity index (χ2v) is 6.10. The Morgan fingerprint density at radius 3 is 2.19 bits per heavy atom. The minimum atomic E-state index is 0.514. The van der Waals surface area contributed by atoms with Gasteiger partial charge in [-0.2, -0.15) is 4.68 Å². The zero-order valence-corrected chi connectivity index (χ0v) is 15.8. The van der Waals surface area contributed by atoms with E-state index >= 15 is 0 Å². The second kappa shape index (κ2) is 6.39. The SMILES string of the molecule is COc1cc(-n2nnc3c4nc(C)ccc4c(C)nc32)cc(OC)c1OC. The highest BCUT2D eigenvalue weighted by atomic mass is 16.5. The molecule has 0 amide bonds. The molecule has 0 saturated carbocycles. The highest BCUT2D eigenvalue weighted by Crippen LogP contribution is 2.39. The second-order valence-electron chi connectivity index (χ2n) is 6.10. The topological polar surface area (TPSA) is 84.2 Å². The Morgan fingerprint density at radius 1 is 0.852 bits per heavy atom. The lowest BCUT2D eigenvalue weighted by atomic mass is 10.2. The molecule has 0 spiro atoms. The minimum Gasteiger partial charge on any atom is -0.493 e. The van der Waals surface area contributed by atoms with Crippen molar-refractivity contribution < 1.29 is 14.2 Å². The van der Waals surface area contributed by atoms with Crippen LogP contribution in [0.5, 0.6) is 17.2 Å². The molecule has 0 aliphatic carbocycles. The Bertz CT molecular complexity index is 1140. The van der Waals surface area contributed by atoms with Gasteiger partial charge < -0.3 is 14.2 Å². The number of hydrogen-bond acceptors (Lipinski definition) is 7. The fourth-order valence-electron chi connectivity index (χ4n) is 3.14. The quantitative estimate of drug-likeness (QED) is 0.549. The summed E-state index contributed by atoms with van der Waals surface area (Å²) in [6.07, 6.45) is 0. The minimum absolute atomic E-state index is 0.514. The summed E-state index contributed by atoms with van der Waals surface area (Å²) in [6, 6.07) is 7.59. The number of aryl methyl sites for hydroxylation is 2. The van der Waals surface area contributed by atoms with E-state index < -0.39 is 0 Å². The Labute approximate surface area is 155 Å². The van der Waals surface area contributed by atoms with Gasteiger partial charge in [0.15, 0.2) is 22.7 Å². The summed E-state index contributed by atoms with van der Waals surface area (Å²) in [5.41, 5.74) is 4.53. The van der Waals surface area contributed by atoms with Crippen molar-refractivity contribution in [3.63, 3.8) is 0 Å². The molecule has 0 atom stereocenters. The Kier molecular flexibility index (Phi) is 4.02. The Balaban J connectivity index is 2.02. The first kappa shape index (κ1) is 17.0. The van der Waals surface area contributed by atoms with Gasteiger partial charge in [0, 0.05) is 28.9 Å². The first-order valence-corrected chi connectivity index (χ1v) is 8.37. The van der Waals surface area contributed by atoms with Gasteiger partial charge in [-0.1, -0.05) is 5.21 Å². The maximum atomic E-state index is 5.44. The fraction of sp³-hybridized carbons (Fsp3) is 0.263. The first-order valence-electron chi connectivity index (χ1n) is 8.37. The van der Waals surface area contributed by atoms with Crippen LogP contribution in [-0.4, -0.2) is 46.3 Å². The van der Waals surface area contributed by atoms with Gasteiger partial charge in [0.05, 0.1) is 27.0 Å². The zero-order valence-electron chi connectivity index (χ0n) is 15.8. The van der Waals surface area contributed by atoms with Crippen LogP contribution in [0.15, 0.2) is 24.3 Å². The lowest BCUT2D eigenvalue weighted by molar-refractivity contribution is 0.324. The number of pyridine rings is 2. The third kappa shape index (κ3) is 2.61. The van der Waals surface area contributed by atoms with Crippen molar-refractivity contribution in [3.8, 4) is 22.9 Å². The molecule has 1 aromatic carbocycles. The average molecular weight is 365 g/mol. The summed E-state index contributed by atoms with van der Waals surface area (Å²) < 4.78 is 17.9. The Morgan fingerprint density at radius 2 is 1.56 bits per heavy atom. The summed E-state index contributed by atoms with van der Waals surface area (Å²) in [5.74, 6) is 1.57. The van der Waals surface area contributed by atoms with Crippen molar-refractivity contribution >= 4 is 22.1 Å². The van der Waals surface area contributed by atoms with Crippen LogP contribution in [0.25, 0.3) is 27.8 Å². The van der Waals surface area contributed by atoms with Crippen molar-refractivity contribution in [2.75, 3.05) is 21.3 Å². The molecule has 3 aromatic heterocycles. The number of rotatable bonds is 4. The van der Waals surface area contributed by atoms with Crippen LogP contribution < -0.4 is 14.2 Å². The zero-order chi connectivity index (χ0) is 19.1. The van der Waals surface area contributed by atoms with Crippen LogP contribution >= 0.6 is 0 Å². The summed E-state index contributed by atoms with van der Waals surface area (Å²) in [5, 5.41) is 9.60. The number of ether oxygens (including phenoxy) is 3. The molecule has 4 aromatic rings. The molecule has 0 unspecified atom stereocenters. The number of methoxy groups -OCH3 is 3. The molecule has 27 heavy (non-hydrogen) atoms. The van der Waals surface area contributed by atoms with Crippen LogP contribution in [0.3, 0.4) is 0 Å². The van der Waals surface area contributed by atoms with Gasteiger partial charge in [0.2, 0.25) is 5.75 Å². The fourth-order valence-corrected chi connectivity index (χ4v) is 3.14. The van der Waals surface area contributed by atoms with E-state index in [9.17, 15) is 0 Å². The number of fused-ring (bicyclic) bond motifs is 3. The summed E-state index contributed by atoms with van der Waals surface area (Å²) in [7, 11) is 4.71. The van der Waals surface area contributed by atoms with Gasteiger partial charge in [-0.05, 0) is 26.0 Å². The molecule has 4 rings (SSSR count). The first-order chi connectivity index (χ1) is 13.1. The molecule has 8 nitrogen and oxygen atoms in total. The van der Waals surface area contributed by atoms with Crippen molar-refractivity contribution in [2.24, 2.45) is 0 Å². The van der Waals surface area contributed by atoms with Crippen molar-refractivity contribution in [2.45, 2.75) is 13.8 Å². The van der Waals surface area contributed by atoms with Crippen LogP contribution in [-0.2, 0) is 0 Å². The number of hydrogen-bond donors (Lipinski definition) is 0. The van der Waals surface area contributed by atoms with Crippen LogP contribution in [0, 0.1) is 13.8 Å². The molecule has 0 N–H and O–H groups in total. The van der Waals surface area contributed by atoms with Gasteiger partial charge >= 0.3 is 0 Å². The molecule has 8 heteroatoms. The van der Waals surface area contributed by atoms with E-state index in [1.165, 1.54) is 0 Å². The third-order valence-electron chi connectivity index (χ3n) is 4.46. The largest absolute Gasteiger partial charge is 0.493 e. The summed E-state index contributed by atoms with van der Waals surface area (Å²) in [4.78, 5) is 9.35. The summed E-state index contributed by atoms with van der Waals surface area (Å²) in [6.45, 7) is 3.90. The molecule has 0 saturated heterocycles. The maximum Gasteiger partial charge on any atom is 0.203 e. The third-order valence-corrected chi connectivity index (χ3v) is 4.46. The van der Waals surface area contributed by atoms with Crippen LogP contribution in [0.4, 0.5) is 0 Å². The normalized spacial score (nSPS) is 11.1. The predicted molar refractivity (Wildman–Crippen MR) is 101 cm³/mol. The molecule has 3 heterocycles. The van der Waals surface area contributed by atoms with Gasteiger partial charge in [-0.25, -0.2) is 4.98 Å². The molecule has 0 radical (unpaired) electrons. The van der Waals surface area contributed by atoms with Crippen molar-refractivity contribution in [1.29, 1.82) is 0 Å². The predicted octanol–water partition coefficient (Wildman–Crippen LogP) is 3.01. The average Bonchev–Trinajstić information content (AvgIpc) is 3.10. The highest BCUT2D eigenvalue weighted by molar-refractivity contribution is 6.00. The van der Waals surface area contributed by atoms with Gasteiger partial charge in [-0.15, -0.1) is 5.10 Å². The standard InChI is InChI=1S/C19H19N5O3/c1-10-6-7-13-11(2)21-19-17(16(13)20-10)22-23-24(19)12-8-14(25-3)18(27-5)15(9-12)26-4/h6-9H,1-5H3. The summed E-state index contributed by atoms with van der Waals surface area (Å²) >= 11 is 0. The Hall–Kier alpha value is -3.42. The van der Waals surface area contributed by atoms with E-state index in [1.807, 2.05) is 26.0 Å². The molecule has 0 aliphatic heterocycles. The number of aromatic nitrogens is 5. The highest BCUT2D eigenvalue weighted by Gasteiger charge is 2.19. The van der Waals surface area contributed by atoms with Gasteiger partial charge in [-0.3, -0.25) is 4.98 Å². The molecule has 0 aliphatic rings. The van der Waals surface area contributed by atoms with Crippen molar-refractivity contribution in [3.05, 3.63) is 35.7 Å². The maximum absolute atomic E-state index is 5.44. The van der Waals surface area contributed by atoms with Crippen molar-refractivity contribution in [1.82, 2.24) is 25.0 Å². The molecule has 0 fully saturated rings. The van der Waals surface area contributed by atoms with E-state index in [1.54, 1.807) is 38.1 Å². The van der Waals surface area contributed by atoms with E-state index in [0.29, 0.717) is 34.1 Å². The molecule has 0 bridgehead atoms. The monoisotopic (exact) mass is 365 g/mol. The molecular formula is C19H19N5O3. The van der Waals surface area contributed by atoms with Gasteiger partial charge in [0.25, 0.3) is 0 Å². The van der Waals surface area contributed by atoms with E-state index in [0.717, 1.165) is 22.3 Å². The van der Waals surface area contributed by atoms with Crippen LogP contribution in [0.2, 0.25) is 0 Å². The smallest absolute Gasteiger partial charge is 0.203 e. The number of benzene rings is 1. The van der Waals surface area contributed by atoms with E-state index in [2.05, 4.69) is 15.3 Å². The van der Waals surface area contributed by atoms with E-state index in [-0.39, 0.29) is 0 Å². The van der Waals surface area contributed by atoms with E-state index in [4.69, 9.17) is 19.2 Å². The lowest BCUT2D eigenvalue weighted by Gasteiger charge is -2.14. The molecule has 138 valence electrons. The molecular weight excluding hydrogens is 346 g/mol. The van der Waals surface area contributed by atoms with Crippen LogP contribution in [0.1, 0.15) is 11.4 Å². The number of nitrogens with zero attached hydrogens (tertiary/aromatic N) is 5. The lowest BCUT2D eigenvalue weighted by Crippen LogP contribution is -2.02. The van der Waals surface area contributed by atoms with Gasteiger partial charge in [0.1, 0.15) is 5.52 Å².